The molecule has 0 saturated heterocycles. The molecule has 2 aromatic carbocycles. The molecule has 0 radical (unpaired) electrons. The second-order valence-electron chi connectivity index (χ2n) is 4.95. The summed E-state index contributed by atoms with van der Waals surface area (Å²) in [5.41, 5.74) is 1.92. The van der Waals surface area contributed by atoms with Crippen molar-refractivity contribution < 1.29 is 9.13 Å². The average Bonchev–Trinajstić information content (AvgIpc) is 2.49. The van der Waals surface area contributed by atoms with Crippen molar-refractivity contribution in [3.63, 3.8) is 0 Å². The van der Waals surface area contributed by atoms with Gasteiger partial charge in [0.05, 0.1) is 11.6 Å². The molecule has 2 nitrogen and oxygen atoms in total. The maximum Gasteiger partial charge on any atom is 0.133 e. The number of nitrogens with one attached hydrogen (secondary N) is 1. The molecule has 0 aliphatic carbocycles. The molecule has 0 saturated carbocycles. The molecular formula is C17H19BrFNO. The van der Waals surface area contributed by atoms with Gasteiger partial charge in [0.1, 0.15) is 11.6 Å². The number of likely N-dealkylation sites (N-methyl/N-ethyl adjacent to an activating group) is 1. The van der Waals surface area contributed by atoms with Crippen molar-refractivity contribution in [2.45, 2.75) is 18.9 Å². The van der Waals surface area contributed by atoms with Crippen LogP contribution in [0.1, 0.15) is 11.1 Å². The summed E-state index contributed by atoms with van der Waals surface area (Å²) in [6.45, 7) is 0. The van der Waals surface area contributed by atoms with Crippen LogP contribution in [0.25, 0.3) is 0 Å². The van der Waals surface area contributed by atoms with Crippen molar-refractivity contribution in [1.29, 1.82) is 0 Å². The second kappa shape index (κ2) is 7.57. The van der Waals surface area contributed by atoms with E-state index in [1.54, 1.807) is 13.2 Å². The second-order valence-corrected chi connectivity index (χ2v) is 5.81. The largest absolute Gasteiger partial charge is 0.496 e. The first-order chi connectivity index (χ1) is 10.1. The number of benzene rings is 2. The molecule has 0 amide bonds. The molecule has 2 aromatic rings. The van der Waals surface area contributed by atoms with E-state index in [1.807, 2.05) is 37.4 Å². The fourth-order valence-corrected chi connectivity index (χ4v) is 2.92. The SMILES string of the molecule is CNC(Cc1ccc(OC)c(Br)c1)Cc1ccccc1F. The lowest BCUT2D eigenvalue weighted by Crippen LogP contribution is -2.30. The smallest absolute Gasteiger partial charge is 0.133 e. The van der Waals surface area contributed by atoms with E-state index >= 15 is 0 Å². The summed E-state index contributed by atoms with van der Waals surface area (Å²) in [4.78, 5) is 0. The van der Waals surface area contributed by atoms with Crippen LogP contribution < -0.4 is 10.1 Å². The number of ether oxygens (including phenoxy) is 1. The van der Waals surface area contributed by atoms with Gasteiger partial charge < -0.3 is 10.1 Å². The minimum atomic E-state index is -0.145. The summed E-state index contributed by atoms with van der Waals surface area (Å²) >= 11 is 3.49. The van der Waals surface area contributed by atoms with E-state index in [2.05, 4.69) is 21.2 Å². The zero-order chi connectivity index (χ0) is 15.2. The molecule has 0 fully saturated rings. The first-order valence-electron chi connectivity index (χ1n) is 6.87. The Bertz CT molecular complexity index is 603. The highest BCUT2D eigenvalue weighted by atomic mass is 79.9. The van der Waals surface area contributed by atoms with Crippen LogP contribution in [-0.4, -0.2) is 20.2 Å². The Kier molecular flexibility index (Phi) is 5.76. The molecule has 0 bridgehead atoms. The summed E-state index contributed by atoms with van der Waals surface area (Å²) in [7, 11) is 3.55. The van der Waals surface area contributed by atoms with E-state index in [0.717, 1.165) is 22.2 Å². The van der Waals surface area contributed by atoms with Crippen LogP contribution in [0.2, 0.25) is 0 Å². The van der Waals surface area contributed by atoms with Crippen LogP contribution in [0, 0.1) is 5.82 Å². The predicted octanol–water partition coefficient (Wildman–Crippen LogP) is 3.97. The van der Waals surface area contributed by atoms with Crippen LogP contribution in [0.3, 0.4) is 0 Å². The number of rotatable bonds is 6. The molecule has 0 heterocycles. The van der Waals surface area contributed by atoms with Gasteiger partial charge in [-0.2, -0.15) is 0 Å². The van der Waals surface area contributed by atoms with Crippen LogP contribution in [-0.2, 0) is 12.8 Å². The summed E-state index contributed by atoms with van der Waals surface area (Å²) < 4.78 is 19.9. The van der Waals surface area contributed by atoms with E-state index in [0.29, 0.717) is 6.42 Å². The van der Waals surface area contributed by atoms with Crippen molar-refractivity contribution in [3.8, 4) is 5.75 Å². The van der Waals surface area contributed by atoms with Gasteiger partial charge in [-0.1, -0.05) is 24.3 Å². The molecule has 2 rings (SSSR count). The molecule has 0 aliphatic heterocycles. The highest BCUT2D eigenvalue weighted by Gasteiger charge is 2.12. The van der Waals surface area contributed by atoms with Crippen molar-refractivity contribution >= 4 is 15.9 Å². The maximum atomic E-state index is 13.7. The number of halogens is 2. The summed E-state index contributed by atoms with van der Waals surface area (Å²) in [5.74, 6) is 0.669. The topological polar surface area (TPSA) is 21.3 Å². The fourth-order valence-electron chi connectivity index (χ4n) is 2.33. The number of hydrogen-bond donors (Lipinski definition) is 1. The molecule has 0 aliphatic rings. The monoisotopic (exact) mass is 351 g/mol. The van der Waals surface area contributed by atoms with Gasteiger partial charge in [-0.3, -0.25) is 0 Å². The Hall–Kier alpha value is -1.39. The molecule has 1 atom stereocenters. The average molecular weight is 352 g/mol. The molecule has 1 unspecified atom stereocenters. The molecule has 112 valence electrons. The van der Waals surface area contributed by atoms with Crippen molar-refractivity contribution in [1.82, 2.24) is 5.32 Å². The normalized spacial score (nSPS) is 12.2. The summed E-state index contributed by atoms with van der Waals surface area (Å²) in [6.07, 6.45) is 1.49. The Balaban J connectivity index is 2.09. The van der Waals surface area contributed by atoms with Crippen LogP contribution in [0.15, 0.2) is 46.9 Å². The summed E-state index contributed by atoms with van der Waals surface area (Å²) in [6, 6.07) is 13.1. The predicted molar refractivity (Wildman–Crippen MR) is 87.3 cm³/mol. The minimum Gasteiger partial charge on any atom is -0.496 e. The molecule has 1 N–H and O–H groups in total. The third kappa shape index (κ3) is 4.29. The lowest BCUT2D eigenvalue weighted by Gasteiger charge is -2.17. The van der Waals surface area contributed by atoms with E-state index in [1.165, 1.54) is 11.6 Å². The van der Waals surface area contributed by atoms with Gasteiger partial charge in [0.15, 0.2) is 0 Å². The van der Waals surface area contributed by atoms with Gasteiger partial charge in [0, 0.05) is 6.04 Å². The molecular weight excluding hydrogens is 333 g/mol. The standard InChI is InChI=1S/C17H19BrFNO/c1-20-14(11-13-5-3-4-6-16(13)19)9-12-7-8-17(21-2)15(18)10-12/h3-8,10,14,20H,9,11H2,1-2H3. The van der Waals surface area contributed by atoms with Gasteiger partial charge in [-0.25, -0.2) is 4.39 Å². The van der Waals surface area contributed by atoms with Crippen molar-refractivity contribution in [3.05, 3.63) is 63.9 Å². The third-order valence-corrected chi connectivity index (χ3v) is 4.15. The summed E-state index contributed by atoms with van der Waals surface area (Å²) in [5, 5.41) is 3.26. The first kappa shape index (κ1) is 16.0. The van der Waals surface area contributed by atoms with E-state index in [-0.39, 0.29) is 11.9 Å². The molecule has 4 heteroatoms. The van der Waals surface area contributed by atoms with Crippen LogP contribution in [0.4, 0.5) is 4.39 Å². The minimum absolute atomic E-state index is 0.145. The van der Waals surface area contributed by atoms with Gasteiger partial charge in [0.25, 0.3) is 0 Å². The zero-order valence-electron chi connectivity index (χ0n) is 12.2. The van der Waals surface area contributed by atoms with Crippen LogP contribution in [0.5, 0.6) is 5.75 Å². The third-order valence-electron chi connectivity index (χ3n) is 3.53. The number of methoxy groups -OCH3 is 1. The van der Waals surface area contributed by atoms with Crippen LogP contribution >= 0.6 is 15.9 Å². The zero-order valence-corrected chi connectivity index (χ0v) is 13.8. The molecule has 0 aromatic heterocycles. The Morgan fingerprint density at radius 3 is 2.57 bits per heavy atom. The van der Waals surface area contributed by atoms with Crippen molar-refractivity contribution in [2.75, 3.05) is 14.2 Å². The lowest BCUT2D eigenvalue weighted by atomic mass is 9.99. The highest BCUT2D eigenvalue weighted by Crippen LogP contribution is 2.26. The van der Waals surface area contributed by atoms with E-state index < -0.39 is 0 Å². The Labute approximate surface area is 133 Å². The molecule has 0 spiro atoms. The van der Waals surface area contributed by atoms with Gasteiger partial charge in [0.2, 0.25) is 0 Å². The Morgan fingerprint density at radius 1 is 1.19 bits per heavy atom. The fraction of sp³-hybridized carbons (Fsp3) is 0.294. The first-order valence-corrected chi connectivity index (χ1v) is 7.66. The van der Waals surface area contributed by atoms with E-state index in [4.69, 9.17) is 4.74 Å². The maximum absolute atomic E-state index is 13.7. The number of hydrogen-bond acceptors (Lipinski definition) is 2. The highest BCUT2D eigenvalue weighted by molar-refractivity contribution is 9.10. The van der Waals surface area contributed by atoms with Gasteiger partial charge >= 0.3 is 0 Å². The Morgan fingerprint density at radius 2 is 1.95 bits per heavy atom. The van der Waals surface area contributed by atoms with Gasteiger partial charge in [-0.05, 0) is 65.1 Å². The van der Waals surface area contributed by atoms with E-state index in [9.17, 15) is 4.39 Å². The van der Waals surface area contributed by atoms with Gasteiger partial charge in [-0.15, -0.1) is 0 Å². The van der Waals surface area contributed by atoms with Crippen molar-refractivity contribution in [2.24, 2.45) is 0 Å². The molecule has 21 heavy (non-hydrogen) atoms. The quantitative estimate of drug-likeness (QED) is 0.850. The lowest BCUT2D eigenvalue weighted by molar-refractivity contribution is 0.412.